The molecule has 1 N–H and O–H groups in total. The standard InChI is InChI=1S/C28H26ClN3O4/c1-36-23-17-19(5-10-22(23)29)26(33)24-25(18-11-13-30-14-12-18)32(28(35)27(24)34)21-8-6-20(7-9-21)31-15-3-2-4-16-31/h5-14,17,25,33H,2-4,15-16H2,1H3/b26-24-. The van der Waals surface area contributed by atoms with Crippen LogP contribution in [-0.2, 0) is 9.59 Å². The van der Waals surface area contributed by atoms with Crippen molar-refractivity contribution in [3.05, 3.63) is 88.7 Å². The van der Waals surface area contributed by atoms with Gasteiger partial charge in [0.1, 0.15) is 11.5 Å². The Balaban J connectivity index is 1.60. The topological polar surface area (TPSA) is 83.0 Å². The van der Waals surface area contributed by atoms with E-state index in [0.29, 0.717) is 27.6 Å². The molecule has 36 heavy (non-hydrogen) atoms. The van der Waals surface area contributed by atoms with E-state index in [4.69, 9.17) is 16.3 Å². The third-order valence-electron chi connectivity index (χ3n) is 6.74. The van der Waals surface area contributed by atoms with Crippen molar-refractivity contribution in [1.82, 2.24) is 4.98 Å². The third-order valence-corrected chi connectivity index (χ3v) is 7.05. The maximum atomic E-state index is 13.4. The number of carbonyl (C=O) groups is 2. The summed E-state index contributed by atoms with van der Waals surface area (Å²) in [7, 11) is 1.47. The number of pyridine rings is 1. The fourth-order valence-corrected chi connectivity index (χ4v) is 5.09. The summed E-state index contributed by atoms with van der Waals surface area (Å²) in [6.45, 7) is 2.01. The Hall–Kier alpha value is -3.84. The van der Waals surface area contributed by atoms with Crippen LogP contribution in [0.25, 0.3) is 5.76 Å². The third kappa shape index (κ3) is 4.31. The second-order valence-electron chi connectivity index (χ2n) is 8.86. The summed E-state index contributed by atoms with van der Waals surface area (Å²) in [5.74, 6) is -1.41. The normalized spacial score (nSPS) is 19.6. The molecule has 1 aromatic heterocycles. The highest BCUT2D eigenvalue weighted by molar-refractivity contribution is 6.51. The number of rotatable bonds is 5. The first-order chi connectivity index (χ1) is 17.5. The van der Waals surface area contributed by atoms with Crippen LogP contribution < -0.4 is 14.5 Å². The van der Waals surface area contributed by atoms with Crippen molar-refractivity contribution < 1.29 is 19.4 Å². The van der Waals surface area contributed by atoms with Crippen LogP contribution in [-0.4, -0.2) is 42.0 Å². The van der Waals surface area contributed by atoms with Gasteiger partial charge in [0.15, 0.2) is 0 Å². The summed E-state index contributed by atoms with van der Waals surface area (Å²) in [4.78, 5) is 34.5. The number of aliphatic hydroxyl groups excluding tert-OH is 1. The smallest absolute Gasteiger partial charge is 0.300 e. The number of Topliss-reactive ketones (excluding diaryl/α,β-unsaturated/α-hetero) is 1. The molecule has 2 aromatic carbocycles. The number of hydrogen-bond donors (Lipinski definition) is 1. The number of amides is 1. The minimum absolute atomic E-state index is 0.00400. The zero-order valence-electron chi connectivity index (χ0n) is 19.9. The van der Waals surface area contributed by atoms with Crippen molar-refractivity contribution in [2.45, 2.75) is 25.3 Å². The Morgan fingerprint density at radius 3 is 2.31 bits per heavy atom. The summed E-state index contributed by atoms with van der Waals surface area (Å²) in [6, 6.07) is 15.0. The van der Waals surface area contributed by atoms with Crippen molar-refractivity contribution in [3.63, 3.8) is 0 Å². The lowest BCUT2D eigenvalue weighted by Crippen LogP contribution is -2.30. The van der Waals surface area contributed by atoms with Gasteiger partial charge >= 0.3 is 0 Å². The van der Waals surface area contributed by atoms with Crippen LogP contribution >= 0.6 is 11.6 Å². The molecule has 8 heteroatoms. The van der Waals surface area contributed by atoms with E-state index in [0.717, 1.165) is 31.6 Å². The van der Waals surface area contributed by atoms with E-state index < -0.39 is 17.7 Å². The van der Waals surface area contributed by atoms with E-state index in [2.05, 4.69) is 9.88 Å². The van der Waals surface area contributed by atoms with Gasteiger partial charge in [0.05, 0.1) is 23.7 Å². The fraction of sp³-hybridized carbons (Fsp3) is 0.250. The number of halogens is 1. The zero-order chi connectivity index (χ0) is 25.2. The van der Waals surface area contributed by atoms with Crippen LogP contribution in [0.4, 0.5) is 11.4 Å². The van der Waals surface area contributed by atoms with Gasteiger partial charge in [0.25, 0.3) is 11.7 Å². The van der Waals surface area contributed by atoms with Crippen LogP contribution in [0.5, 0.6) is 5.75 Å². The largest absolute Gasteiger partial charge is 0.507 e. The van der Waals surface area contributed by atoms with Crippen LogP contribution in [0.1, 0.15) is 36.4 Å². The van der Waals surface area contributed by atoms with Gasteiger partial charge in [-0.15, -0.1) is 0 Å². The van der Waals surface area contributed by atoms with Gasteiger partial charge in [-0.05, 0) is 79.4 Å². The molecule has 5 rings (SSSR count). The van der Waals surface area contributed by atoms with E-state index >= 15 is 0 Å². The molecule has 1 amide bonds. The average Bonchev–Trinajstić information content (AvgIpc) is 3.19. The number of piperidine rings is 1. The lowest BCUT2D eigenvalue weighted by atomic mass is 9.95. The number of ketones is 1. The van der Waals surface area contributed by atoms with Crippen LogP contribution in [0.15, 0.2) is 72.6 Å². The van der Waals surface area contributed by atoms with Crippen molar-refractivity contribution >= 4 is 40.4 Å². The molecule has 7 nitrogen and oxygen atoms in total. The van der Waals surface area contributed by atoms with Crippen molar-refractivity contribution in [2.75, 3.05) is 30.0 Å². The monoisotopic (exact) mass is 503 g/mol. The zero-order valence-corrected chi connectivity index (χ0v) is 20.6. The molecule has 1 unspecified atom stereocenters. The van der Waals surface area contributed by atoms with Gasteiger partial charge in [-0.3, -0.25) is 19.5 Å². The lowest BCUT2D eigenvalue weighted by Gasteiger charge is -2.30. The van der Waals surface area contributed by atoms with Gasteiger partial charge < -0.3 is 14.7 Å². The number of anilines is 2. The molecular formula is C28H26ClN3O4. The van der Waals surface area contributed by atoms with E-state index in [1.54, 1.807) is 42.7 Å². The summed E-state index contributed by atoms with van der Waals surface area (Å²) >= 11 is 6.15. The fourth-order valence-electron chi connectivity index (χ4n) is 4.90. The molecule has 2 aliphatic heterocycles. The molecule has 3 aromatic rings. The molecule has 0 radical (unpaired) electrons. The molecule has 3 heterocycles. The number of ether oxygens (including phenoxy) is 1. The summed E-state index contributed by atoms with van der Waals surface area (Å²) < 4.78 is 5.27. The minimum Gasteiger partial charge on any atom is -0.507 e. The lowest BCUT2D eigenvalue weighted by molar-refractivity contribution is -0.132. The molecule has 0 spiro atoms. The van der Waals surface area contributed by atoms with Gasteiger partial charge in [-0.25, -0.2) is 0 Å². The Bertz CT molecular complexity index is 1320. The predicted molar refractivity (Wildman–Crippen MR) is 140 cm³/mol. The highest BCUT2D eigenvalue weighted by Crippen LogP contribution is 2.43. The maximum Gasteiger partial charge on any atom is 0.300 e. The van der Waals surface area contributed by atoms with Crippen molar-refractivity contribution in [2.24, 2.45) is 0 Å². The number of carbonyl (C=O) groups excluding carboxylic acids is 2. The van der Waals surface area contributed by atoms with Crippen LogP contribution in [0.3, 0.4) is 0 Å². The number of hydrogen-bond acceptors (Lipinski definition) is 6. The molecule has 2 saturated heterocycles. The summed E-state index contributed by atoms with van der Waals surface area (Å²) in [5, 5.41) is 11.7. The SMILES string of the molecule is COc1cc(/C(O)=C2/C(=O)C(=O)N(c3ccc(N4CCCCC4)cc3)C2c2ccncc2)ccc1Cl. The van der Waals surface area contributed by atoms with Crippen LogP contribution in [0, 0.1) is 0 Å². The first kappa shape index (κ1) is 23.9. The molecular weight excluding hydrogens is 478 g/mol. The highest BCUT2D eigenvalue weighted by atomic mass is 35.5. The quantitative estimate of drug-likeness (QED) is 0.287. The van der Waals surface area contributed by atoms with Gasteiger partial charge in [-0.1, -0.05) is 11.6 Å². The maximum absolute atomic E-state index is 13.4. The molecule has 2 fully saturated rings. The molecule has 0 bridgehead atoms. The van der Waals surface area contributed by atoms with Gasteiger partial charge in [0, 0.05) is 42.4 Å². The van der Waals surface area contributed by atoms with Gasteiger partial charge in [0.2, 0.25) is 0 Å². The Morgan fingerprint density at radius 1 is 0.972 bits per heavy atom. The highest BCUT2D eigenvalue weighted by Gasteiger charge is 2.47. The van der Waals surface area contributed by atoms with Crippen LogP contribution in [0.2, 0.25) is 5.02 Å². The molecule has 2 aliphatic rings. The first-order valence-corrected chi connectivity index (χ1v) is 12.3. The van der Waals surface area contributed by atoms with E-state index in [9.17, 15) is 14.7 Å². The second kappa shape index (κ2) is 10.0. The number of nitrogens with zero attached hydrogens (tertiary/aromatic N) is 3. The van der Waals surface area contributed by atoms with E-state index in [-0.39, 0.29) is 11.3 Å². The summed E-state index contributed by atoms with van der Waals surface area (Å²) in [5.41, 5.74) is 2.65. The number of aromatic nitrogens is 1. The molecule has 184 valence electrons. The summed E-state index contributed by atoms with van der Waals surface area (Å²) in [6.07, 6.45) is 6.76. The Labute approximate surface area is 214 Å². The van der Waals surface area contributed by atoms with E-state index in [1.807, 2.05) is 24.3 Å². The predicted octanol–water partition coefficient (Wildman–Crippen LogP) is 5.36. The Morgan fingerprint density at radius 2 is 1.64 bits per heavy atom. The number of methoxy groups -OCH3 is 1. The minimum atomic E-state index is -0.824. The average molecular weight is 504 g/mol. The molecule has 0 saturated carbocycles. The van der Waals surface area contributed by atoms with Gasteiger partial charge in [-0.2, -0.15) is 0 Å². The first-order valence-electron chi connectivity index (χ1n) is 11.9. The van der Waals surface area contributed by atoms with Crippen molar-refractivity contribution in [3.8, 4) is 5.75 Å². The molecule has 0 aliphatic carbocycles. The number of aliphatic hydroxyl groups is 1. The van der Waals surface area contributed by atoms with E-state index in [1.165, 1.54) is 18.4 Å². The number of benzene rings is 2. The van der Waals surface area contributed by atoms with Crippen molar-refractivity contribution in [1.29, 1.82) is 0 Å². The Kier molecular flexibility index (Phi) is 6.65. The molecule has 1 atom stereocenters. The second-order valence-corrected chi connectivity index (χ2v) is 9.27.